The largest absolute Gasteiger partial charge is 0.478 e. The van der Waals surface area contributed by atoms with E-state index in [0.717, 1.165) is 62.0 Å². The first kappa shape index (κ1) is 17.0. The van der Waals surface area contributed by atoms with Crippen molar-refractivity contribution in [3.63, 3.8) is 0 Å². The number of benzene rings is 1. The number of piperazine rings is 1. The van der Waals surface area contributed by atoms with Gasteiger partial charge in [0.15, 0.2) is 0 Å². The van der Waals surface area contributed by atoms with Crippen molar-refractivity contribution in [2.45, 2.75) is 32.6 Å². The van der Waals surface area contributed by atoms with Crippen LogP contribution in [0.15, 0.2) is 18.3 Å². The van der Waals surface area contributed by atoms with Crippen molar-refractivity contribution in [3.8, 4) is 0 Å². The standard InChI is InChI=1S/C19H27N3O2/c1-13(2)15-10-16-14(4-3-7-22-8-5-20-6-9-22)12-21-18(16)17(11-15)19(23)24/h10-13,20-21H,3-9H2,1-2H3,(H,23,24). The lowest BCUT2D eigenvalue weighted by Gasteiger charge is -2.27. The van der Waals surface area contributed by atoms with Crippen LogP contribution in [-0.2, 0) is 6.42 Å². The predicted octanol–water partition coefficient (Wildman–Crippen LogP) is 2.83. The van der Waals surface area contributed by atoms with E-state index in [4.69, 9.17) is 0 Å². The normalized spacial score (nSPS) is 16.1. The molecule has 1 aromatic carbocycles. The Kier molecular flexibility index (Phi) is 5.21. The molecule has 2 heterocycles. The molecule has 130 valence electrons. The van der Waals surface area contributed by atoms with Gasteiger partial charge in [-0.25, -0.2) is 4.79 Å². The van der Waals surface area contributed by atoms with Crippen molar-refractivity contribution in [3.05, 3.63) is 35.0 Å². The Labute approximate surface area is 143 Å². The van der Waals surface area contributed by atoms with Gasteiger partial charge < -0.3 is 20.3 Å². The second kappa shape index (κ2) is 7.36. The Balaban J connectivity index is 1.79. The van der Waals surface area contributed by atoms with Gasteiger partial charge in [-0.3, -0.25) is 0 Å². The van der Waals surface area contributed by atoms with E-state index in [-0.39, 0.29) is 0 Å². The van der Waals surface area contributed by atoms with Crippen LogP contribution in [0.1, 0.15) is 47.7 Å². The third-order valence-electron chi connectivity index (χ3n) is 4.92. The van der Waals surface area contributed by atoms with Crippen LogP contribution in [0.25, 0.3) is 10.9 Å². The zero-order chi connectivity index (χ0) is 17.1. The number of nitrogens with zero attached hydrogens (tertiary/aromatic N) is 1. The van der Waals surface area contributed by atoms with E-state index >= 15 is 0 Å². The van der Waals surface area contributed by atoms with Gasteiger partial charge in [-0.2, -0.15) is 0 Å². The fourth-order valence-corrected chi connectivity index (χ4v) is 3.45. The van der Waals surface area contributed by atoms with Gasteiger partial charge in [-0.1, -0.05) is 13.8 Å². The fourth-order valence-electron chi connectivity index (χ4n) is 3.45. The van der Waals surface area contributed by atoms with Crippen LogP contribution in [0.4, 0.5) is 0 Å². The summed E-state index contributed by atoms with van der Waals surface area (Å²) in [5.41, 5.74) is 3.45. The van der Waals surface area contributed by atoms with Crippen molar-refractivity contribution in [1.82, 2.24) is 15.2 Å². The Morgan fingerprint density at radius 2 is 2.04 bits per heavy atom. The molecule has 24 heavy (non-hydrogen) atoms. The number of carboxylic acid groups (broad SMARTS) is 1. The molecule has 0 atom stereocenters. The molecule has 3 N–H and O–H groups in total. The summed E-state index contributed by atoms with van der Waals surface area (Å²) in [7, 11) is 0. The average molecular weight is 329 g/mol. The zero-order valence-electron chi connectivity index (χ0n) is 14.6. The zero-order valence-corrected chi connectivity index (χ0v) is 14.6. The summed E-state index contributed by atoms with van der Waals surface area (Å²) in [6.07, 6.45) is 4.06. The number of aromatic amines is 1. The minimum Gasteiger partial charge on any atom is -0.478 e. The molecule has 0 amide bonds. The fraction of sp³-hybridized carbons (Fsp3) is 0.526. The van der Waals surface area contributed by atoms with Crippen LogP contribution < -0.4 is 5.32 Å². The van der Waals surface area contributed by atoms with Crippen molar-refractivity contribution in [1.29, 1.82) is 0 Å². The lowest BCUT2D eigenvalue weighted by Crippen LogP contribution is -2.43. The van der Waals surface area contributed by atoms with Gasteiger partial charge in [0.1, 0.15) is 0 Å². The van der Waals surface area contributed by atoms with Gasteiger partial charge >= 0.3 is 5.97 Å². The summed E-state index contributed by atoms with van der Waals surface area (Å²) >= 11 is 0. The maximum Gasteiger partial charge on any atom is 0.337 e. The van der Waals surface area contributed by atoms with E-state index in [9.17, 15) is 9.90 Å². The molecule has 1 saturated heterocycles. The maximum atomic E-state index is 11.6. The molecule has 0 radical (unpaired) electrons. The highest BCUT2D eigenvalue weighted by molar-refractivity contribution is 6.03. The Morgan fingerprint density at radius 1 is 1.29 bits per heavy atom. The highest BCUT2D eigenvalue weighted by Gasteiger charge is 2.16. The highest BCUT2D eigenvalue weighted by Crippen LogP contribution is 2.28. The molecular formula is C19H27N3O2. The van der Waals surface area contributed by atoms with Crippen LogP contribution >= 0.6 is 0 Å². The van der Waals surface area contributed by atoms with Gasteiger partial charge in [0.05, 0.1) is 11.1 Å². The molecule has 1 aliphatic heterocycles. The van der Waals surface area contributed by atoms with E-state index in [1.54, 1.807) is 6.07 Å². The van der Waals surface area contributed by atoms with Crippen LogP contribution in [0.3, 0.4) is 0 Å². The molecular weight excluding hydrogens is 302 g/mol. The summed E-state index contributed by atoms with van der Waals surface area (Å²) in [6, 6.07) is 3.96. The topological polar surface area (TPSA) is 68.4 Å². The molecule has 5 nitrogen and oxygen atoms in total. The molecule has 0 spiro atoms. The van der Waals surface area contributed by atoms with Gasteiger partial charge in [-0.15, -0.1) is 0 Å². The molecule has 0 unspecified atom stereocenters. The van der Waals surface area contributed by atoms with Gasteiger partial charge in [0.25, 0.3) is 0 Å². The summed E-state index contributed by atoms with van der Waals surface area (Å²) in [4.78, 5) is 17.3. The molecule has 0 bridgehead atoms. The van der Waals surface area contributed by atoms with Crippen molar-refractivity contribution in [2.24, 2.45) is 0 Å². The number of aryl methyl sites for hydroxylation is 1. The van der Waals surface area contributed by atoms with Crippen LogP contribution in [0.2, 0.25) is 0 Å². The Morgan fingerprint density at radius 3 is 2.71 bits per heavy atom. The number of aromatic carboxylic acids is 1. The third kappa shape index (κ3) is 3.62. The monoisotopic (exact) mass is 329 g/mol. The minimum absolute atomic E-state index is 0.316. The van der Waals surface area contributed by atoms with Gasteiger partial charge in [0.2, 0.25) is 0 Å². The SMILES string of the molecule is CC(C)c1cc(C(=O)O)c2[nH]cc(CCCN3CCNCC3)c2c1. The van der Waals surface area contributed by atoms with E-state index in [2.05, 4.69) is 35.1 Å². The first-order valence-corrected chi connectivity index (χ1v) is 8.86. The molecule has 1 aromatic heterocycles. The number of hydrogen-bond acceptors (Lipinski definition) is 3. The van der Waals surface area contributed by atoms with E-state index in [0.29, 0.717) is 11.5 Å². The molecule has 1 fully saturated rings. The molecule has 2 aromatic rings. The van der Waals surface area contributed by atoms with E-state index in [1.807, 2.05) is 6.20 Å². The number of fused-ring (bicyclic) bond motifs is 1. The van der Waals surface area contributed by atoms with Crippen molar-refractivity contribution in [2.75, 3.05) is 32.7 Å². The maximum absolute atomic E-state index is 11.6. The molecule has 3 rings (SSSR count). The number of H-pyrrole nitrogens is 1. The van der Waals surface area contributed by atoms with Gasteiger partial charge in [-0.05, 0) is 48.6 Å². The first-order chi connectivity index (χ1) is 11.6. The third-order valence-corrected chi connectivity index (χ3v) is 4.92. The number of rotatable bonds is 6. The second-order valence-corrected chi connectivity index (χ2v) is 6.96. The number of nitrogens with one attached hydrogen (secondary N) is 2. The average Bonchev–Trinajstić information content (AvgIpc) is 2.98. The summed E-state index contributed by atoms with van der Waals surface area (Å²) in [5, 5.41) is 14.0. The lowest BCUT2D eigenvalue weighted by atomic mass is 9.96. The van der Waals surface area contributed by atoms with Crippen LogP contribution in [0, 0.1) is 0 Å². The number of carbonyl (C=O) groups is 1. The van der Waals surface area contributed by atoms with Crippen LogP contribution in [0.5, 0.6) is 0 Å². The minimum atomic E-state index is -0.864. The smallest absolute Gasteiger partial charge is 0.337 e. The first-order valence-electron chi connectivity index (χ1n) is 8.86. The van der Waals surface area contributed by atoms with E-state index in [1.165, 1.54) is 5.56 Å². The van der Waals surface area contributed by atoms with Gasteiger partial charge in [0, 0.05) is 37.8 Å². The molecule has 0 saturated carbocycles. The highest BCUT2D eigenvalue weighted by atomic mass is 16.4. The molecule has 5 heteroatoms. The summed E-state index contributed by atoms with van der Waals surface area (Å²) in [6.45, 7) is 9.69. The Bertz CT molecular complexity index is 715. The lowest BCUT2D eigenvalue weighted by molar-refractivity contribution is 0.0698. The number of hydrogen-bond donors (Lipinski definition) is 3. The predicted molar refractivity (Wildman–Crippen MR) is 97.0 cm³/mol. The second-order valence-electron chi connectivity index (χ2n) is 6.96. The Hall–Kier alpha value is -1.85. The van der Waals surface area contributed by atoms with Crippen molar-refractivity contribution < 1.29 is 9.90 Å². The molecule has 0 aliphatic carbocycles. The summed E-state index contributed by atoms with van der Waals surface area (Å²) < 4.78 is 0. The summed E-state index contributed by atoms with van der Waals surface area (Å²) in [5.74, 6) is -0.548. The quantitative estimate of drug-likeness (QED) is 0.762. The molecule has 1 aliphatic rings. The van der Waals surface area contributed by atoms with E-state index < -0.39 is 5.97 Å². The van der Waals surface area contributed by atoms with Crippen LogP contribution in [-0.4, -0.2) is 53.7 Å². The number of aromatic nitrogens is 1. The number of carboxylic acids is 1. The van der Waals surface area contributed by atoms with Crippen molar-refractivity contribution >= 4 is 16.9 Å².